The van der Waals surface area contributed by atoms with Crippen molar-refractivity contribution in [1.29, 1.82) is 0 Å². The molecular formula is C14H11BrClNO2S. The van der Waals surface area contributed by atoms with Crippen LogP contribution in [0.5, 0.6) is 5.75 Å². The molecule has 2 aromatic carbocycles. The molecule has 104 valence electrons. The standard InChI is InChI=1S/C14H11BrClNO2S/c1-19-10-3-5-13(11(15)7-10)20-14-4-2-9(16)6-12(14)17-8-18/h2-8H,1H3,(H,17,18). The molecule has 0 atom stereocenters. The van der Waals surface area contributed by atoms with Crippen molar-refractivity contribution in [2.45, 2.75) is 9.79 Å². The fourth-order valence-corrected chi connectivity index (χ4v) is 3.24. The molecule has 0 aliphatic carbocycles. The molecule has 2 rings (SSSR count). The SMILES string of the molecule is COc1ccc(Sc2ccc(Cl)cc2NC=O)c(Br)c1. The van der Waals surface area contributed by atoms with Gasteiger partial charge in [0.05, 0.1) is 12.8 Å². The third-order valence-corrected chi connectivity index (χ3v) is 4.82. The van der Waals surface area contributed by atoms with E-state index in [-0.39, 0.29) is 0 Å². The number of anilines is 1. The zero-order valence-electron chi connectivity index (χ0n) is 10.5. The average molecular weight is 373 g/mol. The van der Waals surface area contributed by atoms with Crippen LogP contribution in [0, 0.1) is 0 Å². The van der Waals surface area contributed by atoms with Crippen LogP contribution < -0.4 is 10.1 Å². The lowest BCUT2D eigenvalue weighted by molar-refractivity contribution is -0.105. The van der Waals surface area contributed by atoms with E-state index in [9.17, 15) is 4.79 Å². The maximum absolute atomic E-state index is 10.7. The molecule has 0 spiro atoms. The lowest BCUT2D eigenvalue weighted by atomic mass is 10.3. The van der Waals surface area contributed by atoms with Gasteiger partial charge in [-0.2, -0.15) is 0 Å². The first-order valence-electron chi connectivity index (χ1n) is 5.65. The van der Waals surface area contributed by atoms with Crippen LogP contribution in [0.2, 0.25) is 5.02 Å². The molecule has 0 aliphatic heterocycles. The van der Waals surface area contributed by atoms with Crippen molar-refractivity contribution in [3.8, 4) is 5.75 Å². The summed E-state index contributed by atoms with van der Waals surface area (Å²) in [6.07, 6.45) is 0.638. The summed E-state index contributed by atoms with van der Waals surface area (Å²) in [5.74, 6) is 0.781. The predicted molar refractivity (Wildman–Crippen MR) is 86.0 cm³/mol. The Labute approximate surface area is 134 Å². The van der Waals surface area contributed by atoms with Crippen LogP contribution in [-0.4, -0.2) is 13.5 Å². The second kappa shape index (κ2) is 7.02. The summed E-state index contributed by atoms with van der Waals surface area (Å²) < 4.78 is 6.09. The highest BCUT2D eigenvalue weighted by Crippen LogP contribution is 2.39. The van der Waals surface area contributed by atoms with Gasteiger partial charge >= 0.3 is 0 Å². The van der Waals surface area contributed by atoms with Crippen molar-refractivity contribution in [3.05, 3.63) is 45.9 Å². The Bertz CT molecular complexity index is 637. The summed E-state index contributed by atoms with van der Waals surface area (Å²) in [5, 5.41) is 3.23. The monoisotopic (exact) mass is 371 g/mol. The smallest absolute Gasteiger partial charge is 0.211 e. The number of hydrogen-bond donors (Lipinski definition) is 1. The molecule has 0 bridgehead atoms. The first kappa shape index (κ1) is 15.2. The first-order valence-corrected chi connectivity index (χ1v) is 7.64. The van der Waals surface area contributed by atoms with E-state index >= 15 is 0 Å². The highest BCUT2D eigenvalue weighted by molar-refractivity contribution is 9.10. The Morgan fingerprint density at radius 3 is 2.65 bits per heavy atom. The number of hydrogen-bond acceptors (Lipinski definition) is 3. The summed E-state index contributed by atoms with van der Waals surface area (Å²) in [7, 11) is 1.62. The minimum Gasteiger partial charge on any atom is -0.497 e. The average Bonchev–Trinajstić information content (AvgIpc) is 2.44. The van der Waals surface area contributed by atoms with Crippen LogP contribution in [0.4, 0.5) is 5.69 Å². The Balaban J connectivity index is 2.32. The molecule has 0 aromatic heterocycles. The van der Waals surface area contributed by atoms with Crippen LogP contribution in [0.15, 0.2) is 50.7 Å². The molecule has 0 saturated carbocycles. The molecule has 0 unspecified atom stereocenters. The lowest BCUT2D eigenvalue weighted by Gasteiger charge is -2.10. The highest BCUT2D eigenvalue weighted by Gasteiger charge is 2.08. The van der Waals surface area contributed by atoms with Crippen molar-refractivity contribution in [2.75, 3.05) is 12.4 Å². The quantitative estimate of drug-likeness (QED) is 0.764. The van der Waals surface area contributed by atoms with E-state index in [0.717, 1.165) is 20.0 Å². The van der Waals surface area contributed by atoms with Gasteiger partial charge in [0.25, 0.3) is 0 Å². The highest BCUT2D eigenvalue weighted by atomic mass is 79.9. The number of methoxy groups -OCH3 is 1. The molecule has 6 heteroatoms. The molecule has 1 N–H and O–H groups in total. The zero-order valence-corrected chi connectivity index (χ0v) is 13.7. The van der Waals surface area contributed by atoms with E-state index in [4.69, 9.17) is 16.3 Å². The summed E-state index contributed by atoms with van der Waals surface area (Å²) in [6.45, 7) is 0. The fraction of sp³-hybridized carbons (Fsp3) is 0.0714. The van der Waals surface area contributed by atoms with Crippen LogP contribution in [-0.2, 0) is 4.79 Å². The van der Waals surface area contributed by atoms with Gasteiger partial charge in [0, 0.05) is 19.3 Å². The van der Waals surface area contributed by atoms with Crippen LogP contribution in [0.1, 0.15) is 0 Å². The molecule has 2 aromatic rings. The number of benzene rings is 2. The maximum Gasteiger partial charge on any atom is 0.211 e. The van der Waals surface area contributed by atoms with Gasteiger partial charge in [0.1, 0.15) is 5.75 Å². The van der Waals surface area contributed by atoms with Crippen molar-refractivity contribution < 1.29 is 9.53 Å². The van der Waals surface area contributed by atoms with Gasteiger partial charge in [-0.1, -0.05) is 23.4 Å². The second-order valence-corrected chi connectivity index (χ2v) is 6.18. The van der Waals surface area contributed by atoms with Crippen LogP contribution in [0.25, 0.3) is 0 Å². The van der Waals surface area contributed by atoms with Crippen LogP contribution >= 0.6 is 39.3 Å². The summed E-state index contributed by atoms with van der Waals surface area (Å²) in [4.78, 5) is 12.6. The first-order chi connectivity index (χ1) is 9.63. The van der Waals surface area contributed by atoms with E-state index in [1.54, 1.807) is 19.2 Å². The number of ether oxygens (including phenoxy) is 1. The normalized spacial score (nSPS) is 10.2. The van der Waals surface area contributed by atoms with Gasteiger partial charge in [0.15, 0.2) is 0 Å². The van der Waals surface area contributed by atoms with Crippen molar-refractivity contribution in [2.24, 2.45) is 0 Å². The maximum atomic E-state index is 10.7. The fourth-order valence-electron chi connectivity index (χ4n) is 1.58. The largest absolute Gasteiger partial charge is 0.497 e. The molecule has 0 saturated heterocycles. The Morgan fingerprint density at radius 2 is 2.00 bits per heavy atom. The molecule has 3 nitrogen and oxygen atoms in total. The number of nitrogens with one attached hydrogen (secondary N) is 1. The lowest BCUT2D eigenvalue weighted by Crippen LogP contribution is -1.95. The summed E-state index contributed by atoms with van der Waals surface area (Å²) >= 11 is 11.0. The Hall–Kier alpha value is -1.17. The van der Waals surface area contributed by atoms with Crippen molar-refractivity contribution >= 4 is 51.4 Å². The minimum atomic E-state index is 0.576. The zero-order chi connectivity index (χ0) is 14.5. The summed E-state index contributed by atoms with van der Waals surface area (Å²) in [6, 6.07) is 11.1. The topological polar surface area (TPSA) is 38.3 Å². The predicted octanol–water partition coefficient (Wildman–Crippen LogP) is 4.83. The van der Waals surface area contributed by atoms with Crippen LogP contribution in [0.3, 0.4) is 0 Å². The number of carbonyl (C=O) groups excluding carboxylic acids is 1. The molecular weight excluding hydrogens is 362 g/mol. The third-order valence-electron chi connectivity index (χ3n) is 2.52. The van der Waals surface area contributed by atoms with E-state index in [1.165, 1.54) is 11.8 Å². The minimum absolute atomic E-state index is 0.576. The number of rotatable bonds is 5. The molecule has 0 heterocycles. The number of amides is 1. The van der Waals surface area contributed by atoms with E-state index in [2.05, 4.69) is 21.2 Å². The molecule has 1 amide bonds. The van der Waals surface area contributed by atoms with Gasteiger partial charge in [-0.25, -0.2) is 0 Å². The van der Waals surface area contributed by atoms with Gasteiger partial charge in [-0.05, 0) is 52.3 Å². The molecule has 0 fully saturated rings. The van der Waals surface area contributed by atoms with Gasteiger partial charge < -0.3 is 10.1 Å². The Morgan fingerprint density at radius 1 is 1.25 bits per heavy atom. The molecule has 0 radical (unpaired) electrons. The van der Waals surface area contributed by atoms with Crippen molar-refractivity contribution in [1.82, 2.24) is 0 Å². The van der Waals surface area contributed by atoms with E-state index in [1.807, 2.05) is 24.3 Å². The molecule has 0 aliphatic rings. The second-order valence-electron chi connectivity index (χ2n) is 3.80. The number of carbonyl (C=O) groups is 1. The van der Waals surface area contributed by atoms with E-state index < -0.39 is 0 Å². The van der Waals surface area contributed by atoms with E-state index in [0.29, 0.717) is 17.1 Å². The number of halogens is 2. The third kappa shape index (κ3) is 3.69. The van der Waals surface area contributed by atoms with Gasteiger partial charge in [0.2, 0.25) is 6.41 Å². The Kier molecular flexibility index (Phi) is 5.34. The summed E-state index contributed by atoms with van der Waals surface area (Å²) in [5.41, 5.74) is 0.681. The van der Waals surface area contributed by atoms with Crippen molar-refractivity contribution in [3.63, 3.8) is 0 Å². The molecule has 20 heavy (non-hydrogen) atoms. The van der Waals surface area contributed by atoms with Gasteiger partial charge in [-0.15, -0.1) is 0 Å². The van der Waals surface area contributed by atoms with Gasteiger partial charge in [-0.3, -0.25) is 4.79 Å².